The Labute approximate surface area is 113 Å². The maximum absolute atomic E-state index is 13.5. The summed E-state index contributed by atoms with van der Waals surface area (Å²) in [5.74, 6) is 0.565. The van der Waals surface area contributed by atoms with Crippen LogP contribution in [0.15, 0.2) is 22.7 Å². The molecule has 0 amide bonds. The molecule has 0 spiro atoms. The highest BCUT2D eigenvalue weighted by Crippen LogP contribution is 2.24. The van der Waals surface area contributed by atoms with Gasteiger partial charge < -0.3 is 5.73 Å². The minimum Gasteiger partial charge on any atom is -0.383 e. The molecule has 94 valence electrons. The fourth-order valence-electron chi connectivity index (χ4n) is 1.69. The lowest BCUT2D eigenvalue weighted by Gasteiger charge is -2.09. The van der Waals surface area contributed by atoms with Crippen LogP contribution in [-0.2, 0) is 6.42 Å². The van der Waals surface area contributed by atoms with Gasteiger partial charge in [-0.3, -0.25) is 0 Å². The summed E-state index contributed by atoms with van der Waals surface area (Å²) >= 11 is 3.12. The summed E-state index contributed by atoms with van der Waals surface area (Å²) in [7, 11) is 0. The third-order valence-electron chi connectivity index (χ3n) is 2.80. The highest BCUT2D eigenvalue weighted by Gasteiger charge is 2.10. The van der Waals surface area contributed by atoms with E-state index in [-0.39, 0.29) is 5.82 Å². The Kier molecular flexibility index (Phi) is 3.61. The molecule has 1 heterocycles. The average Bonchev–Trinajstić information content (AvgIpc) is 2.36. The number of anilines is 1. The highest BCUT2D eigenvalue weighted by molar-refractivity contribution is 9.10. The van der Waals surface area contributed by atoms with Crippen molar-refractivity contribution < 1.29 is 4.39 Å². The first-order valence-corrected chi connectivity index (χ1v) is 6.40. The van der Waals surface area contributed by atoms with E-state index in [1.54, 1.807) is 12.1 Å². The number of nitrogen functional groups attached to an aromatic ring is 1. The van der Waals surface area contributed by atoms with Crippen molar-refractivity contribution in [2.24, 2.45) is 0 Å². The SMILES string of the molecule is CCc1nc(-c2ccc(Br)c(F)c2)nc(N)c1C. The van der Waals surface area contributed by atoms with Crippen molar-refractivity contribution in [3.8, 4) is 11.4 Å². The van der Waals surface area contributed by atoms with Gasteiger partial charge in [0.2, 0.25) is 0 Å². The quantitative estimate of drug-likeness (QED) is 0.923. The molecule has 0 radical (unpaired) electrons. The van der Waals surface area contributed by atoms with Gasteiger partial charge >= 0.3 is 0 Å². The molecule has 0 atom stereocenters. The summed E-state index contributed by atoms with van der Waals surface area (Å²) in [5.41, 5.74) is 8.25. The first-order chi connectivity index (χ1) is 8.52. The summed E-state index contributed by atoms with van der Waals surface area (Å²) in [5, 5.41) is 0. The molecule has 5 heteroatoms. The maximum atomic E-state index is 13.5. The van der Waals surface area contributed by atoms with E-state index < -0.39 is 0 Å². The molecule has 1 aromatic heterocycles. The van der Waals surface area contributed by atoms with Crippen molar-refractivity contribution in [1.29, 1.82) is 0 Å². The van der Waals surface area contributed by atoms with Gasteiger partial charge in [0, 0.05) is 16.8 Å². The fourth-order valence-corrected chi connectivity index (χ4v) is 1.94. The van der Waals surface area contributed by atoms with Crippen LogP contribution < -0.4 is 5.73 Å². The summed E-state index contributed by atoms with van der Waals surface area (Å²) in [6.45, 7) is 3.89. The average molecular weight is 310 g/mol. The van der Waals surface area contributed by atoms with Crippen LogP contribution in [0.3, 0.4) is 0 Å². The third-order valence-corrected chi connectivity index (χ3v) is 3.44. The number of rotatable bonds is 2. The first kappa shape index (κ1) is 13.0. The fraction of sp³-hybridized carbons (Fsp3) is 0.231. The normalized spacial score (nSPS) is 10.7. The van der Waals surface area contributed by atoms with Crippen molar-refractivity contribution in [1.82, 2.24) is 9.97 Å². The molecule has 0 unspecified atom stereocenters. The van der Waals surface area contributed by atoms with Crippen LogP contribution in [0.25, 0.3) is 11.4 Å². The Morgan fingerprint density at radius 2 is 2.06 bits per heavy atom. The maximum Gasteiger partial charge on any atom is 0.161 e. The summed E-state index contributed by atoms with van der Waals surface area (Å²) in [6.07, 6.45) is 0.768. The zero-order chi connectivity index (χ0) is 13.3. The van der Waals surface area contributed by atoms with E-state index in [2.05, 4.69) is 25.9 Å². The summed E-state index contributed by atoms with van der Waals surface area (Å²) < 4.78 is 13.9. The van der Waals surface area contributed by atoms with Crippen molar-refractivity contribution in [3.05, 3.63) is 39.7 Å². The Hall–Kier alpha value is -1.49. The van der Waals surface area contributed by atoms with Crippen molar-refractivity contribution in [3.63, 3.8) is 0 Å². The molecular formula is C13H13BrFN3. The number of halogens is 2. The van der Waals surface area contributed by atoms with Crippen LogP contribution in [0.2, 0.25) is 0 Å². The Morgan fingerprint density at radius 1 is 1.33 bits per heavy atom. The van der Waals surface area contributed by atoms with Gasteiger partial charge in [0.15, 0.2) is 5.82 Å². The molecule has 2 aromatic rings. The second-order valence-electron chi connectivity index (χ2n) is 3.99. The number of hydrogen-bond donors (Lipinski definition) is 1. The molecule has 0 aliphatic heterocycles. The van der Waals surface area contributed by atoms with Crippen LogP contribution in [0.4, 0.5) is 10.2 Å². The summed E-state index contributed by atoms with van der Waals surface area (Å²) in [6, 6.07) is 4.79. The second-order valence-corrected chi connectivity index (χ2v) is 4.84. The number of benzene rings is 1. The van der Waals surface area contributed by atoms with E-state index in [9.17, 15) is 4.39 Å². The molecule has 18 heavy (non-hydrogen) atoms. The lowest BCUT2D eigenvalue weighted by molar-refractivity contribution is 0.621. The van der Waals surface area contributed by atoms with Crippen LogP contribution in [0.5, 0.6) is 0 Å². The van der Waals surface area contributed by atoms with E-state index in [0.717, 1.165) is 17.7 Å². The predicted molar refractivity (Wildman–Crippen MR) is 73.7 cm³/mol. The van der Waals surface area contributed by atoms with Crippen LogP contribution in [0, 0.1) is 12.7 Å². The van der Waals surface area contributed by atoms with Crippen LogP contribution >= 0.6 is 15.9 Å². The van der Waals surface area contributed by atoms with Gasteiger partial charge in [-0.1, -0.05) is 6.92 Å². The molecule has 2 rings (SSSR count). The molecule has 1 aromatic carbocycles. The van der Waals surface area contributed by atoms with Gasteiger partial charge in [0.05, 0.1) is 4.47 Å². The molecule has 0 aliphatic rings. The molecule has 0 bridgehead atoms. The van der Waals surface area contributed by atoms with Gasteiger partial charge in [-0.05, 0) is 47.5 Å². The zero-order valence-corrected chi connectivity index (χ0v) is 11.8. The molecule has 0 saturated carbocycles. The number of aromatic nitrogens is 2. The third kappa shape index (κ3) is 2.36. The predicted octanol–water partition coefficient (Wildman–Crippen LogP) is 3.50. The van der Waals surface area contributed by atoms with Gasteiger partial charge in [0.1, 0.15) is 11.6 Å². The number of hydrogen-bond acceptors (Lipinski definition) is 3. The van der Waals surface area contributed by atoms with Crippen molar-refractivity contribution in [2.45, 2.75) is 20.3 Å². The van der Waals surface area contributed by atoms with Crippen molar-refractivity contribution in [2.75, 3.05) is 5.73 Å². The van der Waals surface area contributed by atoms with E-state index in [1.165, 1.54) is 6.07 Å². The molecular weight excluding hydrogens is 297 g/mol. The lowest BCUT2D eigenvalue weighted by Crippen LogP contribution is -2.04. The second kappa shape index (κ2) is 5.02. The molecule has 0 fully saturated rings. The van der Waals surface area contributed by atoms with Crippen molar-refractivity contribution >= 4 is 21.7 Å². The standard InChI is InChI=1S/C13H13BrFN3/c1-3-11-7(2)12(16)18-13(17-11)8-4-5-9(14)10(15)6-8/h4-6H,3H2,1-2H3,(H2,16,17,18). The highest BCUT2D eigenvalue weighted by atomic mass is 79.9. The molecule has 0 saturated heterocycles. The topological polar surface area (TPSA) is 51.8 Å². The zero-order valence-electron chi connectivity index (χ0n) is 10.2. The van der Waals surface area contributed by atoms with E-state index in [0.29, 0.717) is 21.7 Å². The Balaban J connectivity index is 2.57. The van der Waals surface area contributed by atoms with E-state index in [1.807, 2.05) is 13.8 Å². The van der Waals surface area contributed by atoms with Crippen LogP contribution in [-0.4, -0.2) is 9.97 Å². The first-order valence-electron chi connectivity index (χ1n) is 5.61. The largest absolute Gasteiger partial charge is 0.383 e. The van der Waals surface area contributed by atoms with Gasteiger partial charge in [-0.15, -0.1) is 0 Å². The molecule has 0 aliphatic carbocycles. The smallest absolute Gasteiger partial charge is 0.161 e. The lowest BCUT2D eigenvalue weighted by atomic mass is 10.1. The number of aryl methyl sites for hydroxylation is 1. The monoisotopic (exact) mass is 309 g/mol. The van der Waals surface area contributed by atoms with E-state index in [4.69, 9.17) is 5.73 Å². The van der Waals surface area contributed by atoms with Crippen LogP contribution in [0.1, 0.15) is 18.2 Å². The van der Waals surface area contributed by atoms with Gasteiger partial charge in [-0.2, -0.15) is 0 Å². The minimum atomic E-state index is -0.340. The number of nitrogens with zero attached hydrogens (tertiary/aromatic N) is 2. The van der Waals surface area contributed by atoms with Gasteiger partial charge in [0.25, 0.3) is 0 Å². The van der Waals surface area contributed by atoms with E-state index >= 15 is 0 Å². The van der Waals surface area contributed by atoms with Gasteiger partial charge in [-0.25, -0.2) is 14.4 Å². The molecule has 2 N–H and O–H groups in total. The molecule has 3 nitrogen and oxygen atoms in total. The number of nitrogens with two attached hydrogens (primary N) is 1. The Bertz CT molecular complexity index is 599. The minimum absolute atomic E-state index is 0.340. The summed E-state index contributed by atoms with van der Waals surface area (Å²) in [4.78, 5) is 8.63. The Morgan fingerprint density at radius 3 is 2.67 bits per heavy atom.